The largest absolute Gasteiger partial charge is 0.434 e. The maximum absolute atomic E-state index is 11.6. The van der Waals surface area contributed by atoms with Crippen molar-refractivity contribution < 1.29 is 9.66 Å². The minimum Gasteiger partial charge on any atom is -0.434 e. The zero-order valence-corrected chi connectivity index (χ0v) is 14.6. The zero-order valence-electron chi connectivity index (χ0n) is 13.9. The topological polar surface area (TPSA) is 90.2 Å². The van der Waals surface area contributed by atoms with Gasteiger partial charge in [-0.05, 0) is 43.5 Å². The molecular formula is C17H19ClN4O3. The average Bonchev–Trinajstić information content (AvgIpc) is 2.59. The summed E-state index contributed by atoms with van der Waals surface area (Å²) in [7, 11) is 0. The molecule has 0 radical (unpaired) electrons. The molecular weight excluding hydrogens is 344 g/mol. The SMILES string of the molecule is Cc1cc(Oc2ncnc(NC3CCCCC3)c2[N+](=O)[O-])ccc1Cl. The third-order valence-electron chi connectivity index (χ3n) is 4.26. The maximum atomic E-state index is 11.6. The first kappa shape index (κ1) is 17.4. The number of nitrogens with zero attached hydrogens (tertiary/aromatic N) is 3. The van der Waals surface area contributed by atoms with Crippen LogP contribution in [0.1, 0.15) is 37.7 Å². The predicted molar refractivity (Wildman–Crippen MR) is 95.4 cm³/mol. The molecule has 0 saturated heterocycles. The third kappa shape index (κ3) is 4.17. The van der Waals surface area contributed by atoms with Crippen molar-refractivity contribution in [2.75, 3.05) is 5.32 Å². The van der Waals surface area contributed by atoms with E-state index >= 15 is 0 Å². The van der Waals surface area contributed by atoms with Crippen LogP contribution in [-0.2, 0) is 0 Å². The van der Waals surface area contributed by atoms with Gasteiger partial charge in [0.05, 0.1) is 4.92 Å². The number of benzene rings is 1. The number of nitro groups is 1. The fourth-order valence-electron chi connectivity index (χ4n) is 2.94. The molecule has 0 atom stereocenters. The number of aryl methyl sites for hydroxylation is 1. The quantitative estimate of drug-likeness (QED) is 0.602. The summed E-state index contributed by atoms with van der Waals surface area (Å²) in [5.74, 6) is 0.555. The zero-order chi connectivity index (χ0) is 17.8. The fourth-order valence-corrected chi connectivity index (χ4v) is 3.06. The Hall–Kier alpha value is -2.41. The number of halogens is 1. The van der Waals surface area contributed by atoms with Gasteiger partial charge in [0.25, 0.3) is 0 Å². The van der Waals surface area contributed by atoms with Crippen molar-refractivity contribution in [2.24, 2.45) is 0 Å². The van der Waals surface area contributed by atoms with E-state index in [1.807, 2.05) is 6.92 Å². The smallest absolute Gasteiger partial charge is 0.373 e. The van der Waals surface area contributed by atoms with E-state index in [1.54, 1.807) is 18.2 Å². The van der Waals surface area contributed by atoms with Gasteiger partial charge >= 0.3 is 11.6 Å². The van der Waals surface area contributed by atoms with Crippen LogP contribution in [0.5, 0.6) is 11.6 Å². The van der Waals surface area contributed by atoms with Crippen LogP contribution in [0.15, 0.2) is 24.5 Å². The summed E-state index contributed by atoms with van der Waals surface area (Å²) >= 11 is 6.00. The van der Waals surface area contributed by atoms with Crippen molar-refractivity contribution in [3.8, 4) is 11.6 Å². The van der Waals surface area contributed by atoms with Gasteiger partial charge in [-0.2, -0.15) is 4.98 Å². The summed E-state index contributed by atoms with van der Waals surface area (Å²) in [5.41, 5.74) is 0.567. The second kappa shape index (κ2) is 7.65. The molecule has 1 N–H and O–H groups in total. The number of ether oxygens (including phenoxy) is 1. The summed E-state index contributed by atoms with van der Waals surface area (Å²) < 4.78 is 5.65. The van der Waals surface area contributed by atoms with Gasteiger partial charge in [0.15, 0.2) is 0 Å². The van der Waals surface area contributed by atoms with Crippen LogP contribution >= 0.6 is 11.6 Å². The Bertz CT molecular complexity index is 778. The number of nitrogens with one attached hydrogen (secondary N) is 1. The number of hydrogen-bond donors (Lipinski definition) is 1. The summed E-state index contributed by atoms with van der Waals surface area (Å²) in [6.45, 7) is 1.83. The standard InChI is InChI=1S/C17H19ClN4O3/c1-11-9-13(7-8-14(11)18)25-17-15(22(23)24)16(19-10-20-17)21-12-5-3-2-4-6-12/h7-10,12H,2-6H2,1H3,(H,19,20,21). The van der Waals surface area contributed by atoms with Crippen LogP contribution in [0, 0.1) is 17.0 Å². The van der Waals surface area contributed by atoms with Crippen LogP contribution in [0.3, 0.4) is 0 Å². The minimum absolute atomic E-state index is 0.0833. The number of anilines is 1. The predicted octanol–water partition coefficient (Wildman–Crippen LogP) is 4.88. The second-order valence-electron chi connectivity index (χ2n) is 6.13. The van der Waals surface area contributed by atoms with Crippen molar-refractivity contribution in [2.45, 2.75) is 45.1 Å². The van der Waals surface area contributed by atoms with Crippen LogP contribution in [-0.4, -0.2) is 20.9 Å². The minimum atomic E-state index is -0.511. The molecule has 7 nitrogen and oxygen atoms in total. The van der Waals surface area contributed by atoms with E-state index in [9.17, 15) is 10.1 Å². The first-order valence-electron chi connectivity index (χ1n) is 8.24. The molecule has 132 valence electrons. The molecule has 1 aliphatic carbocycles. The Morgan fingerprint density at radius 3 is 2.72 bits per heavy atom. The average molecular weight is 363 g/mol. The Balaban J connectivity index is 1.88. The van der Waals surface area contributed by atoms with Gasteiger partial charge in [-0.3, -0.25) is 10.1 Å². The van der Waals surface area contributed by atoms with Crippen molar-refractivity contribution in [3.63, 3.8) is 0 Å². The van der Waals surface area contributed by atoms with Crippen LogP contribution in [0.4, 0.5) is 11.5 Å². The van der Waals surface area contributed by atoms with E-state index in [1.165, 1.54) is 12.7 Å². The molecule has 1 aromatic carbocycles. The molecule has 0 bridgehead atoms. The van der Waals surface area contributed by atoms with Crippen molar-refractivity contribution in [1.29, 1.82) is 0 Å². The monoisotopic (exact) mass is 362 g/mol. The lowest BCUT2D eigenvalue weighted by Crippen LogP contribution is -2.23. The molecule has 0 amide bonds. The highest BCUT2D eigenvalue weighted by atomic mass is 35.5. The van der Waals surface area contributed by atoms with Crippen LogP contribution < -0.4 is 10.1 Å². The normalized spacial score (nSPS) is 15.0. The molecule has 1 aliphatic rings. The van der Waals surface area contributed by atoms with Crippen LogP contribution in [0.25, 0.3) is 0 Å². The van der Waals surface area contributed by atoms with Crippen LogP contribution in [0.2, 0.25) is 5.02 Å². The Morgan fingerprint density at radius 1 is 1.28 bits per heavy atom. The molecule has 3 rings (SSSR count). The summed E-state index contributed by atoms with van der Waals surface area (Å²) in [4.78, 5) is 19.1. The van der Waals surface area contributed by atoms with E-state index in [0.29, 0.717) is 10.8 Å². The van der Waals surface area contributed by atoms with Crippen molar-refractivity contribution in [1.82, 2.24) is 9.97 Å². The van der Waals surface area contributed by atoms with E-state index in [-0.39, 0.29) is 23.4 Å². The molecule has 0 unspecified atom stereocenters. The van der Waals surface area contributed by atoms with E-state index in [0.717, 1.165) is 31.2 Å². The molecule has 8 heteroatoms. The Morgan fingerprint density at radius 2 is 2.04 bits per heavy atom. The van der Waals surface area contributed by atoms with E-state index in [4.69, 9.17) is 16.3 Å². The second-order valence-corrected chi connectivity index (χ2v) is 6.53. The molecule has 1 saturated carbocycles. The first-order valence-corrected chi connectivity index (χ1v) is 8.62. The molecule has 2 aromatic rings. The highest BCUT2D eigenvalue weighted by Crippen LogP contribution is 2.36. The van der Waals surface area contributed by atoms with E-state index in [2.05, 4.69) is 15.3 Å². The molecule has 1 aromatic heterocycles. The van der Waals surface area contributed by atoms with Gasteiger partial charge in [-0.15, -0.1) is 0 Å². The Kier molecular flexibility index (Phi) is 5.33. The number of aromatic nitrogens is 2. The summed E-state index contributed by atoms with van der Waals surface area (Å²) in [5, 5.41) is 15.4. The van der Waals surface area contributed by atoms with Gasteiger partial charge in [0.1, 0.15) is 12.1 Å². The summed E-state index contributed by atoms with van der Waals surface area (Å²) in [6, 6.07) is 5.23. The molecule has 1 fully saturated rings. The van der Waals surface area contributed by atoms with Gasteiger partial charge in [0, 0.05) is 11.1 Å². The summed E-state index contributed by atoms with van der Waals surface area (Å²) in [6.07, 6.45) is 6.67. The van der Waals surface area contributed by atoms with Crippen molar-refractivity contribution in [3.05, 3.63) is 45.2 Å². The highest BCUT2D eigenvalue weighted by molar-refractivity contribution is 6.31. The molecule has 0 spiro atoms. The highest BCUT2D eigenvalue weighted by Gasteiger charge is 2.27. The lowest BCUT2D eigenvalue weighted by atomic mass is 9.95. The maximum Gasteiger partial charge on any atom is 0.373 e. The molecule has 0 aliphatic heterocycles. The van der Waals surface area contributed by atoms with Gasteiger partial charge in [0.2, 0.25) is 5.82 Å². The third-order valence-corrected chi connectivity index (χ3v) is 4.69. The lowest BCUT2D eigenvalue weighted by Gasteiger charge is -2.23. The molecule has 1 heterocycles. The first-order chi connectivity index (χ1) is 12.0. The lowest BCUT2D eigenvalue weighted by molar-refractivity contribution is -0.385. The van der Waals surface area contributed by atoms with Gasteiger partial charge < -0.3 is 10.1 Å². The Labute approximate surface area is 150 Å². The van der Waals surface area contributed by atoms with Gasteiger partial charge in [-0.25, -0.2) is 4.98 Å². The number of hydrogen-bond acceptors (Lipinski definition) is 6. The van der Waals surface area contributed by atoms with E-state index < -0.39 is 4.92 Å². The fraction of sp³-hybridized carbons (Fsp3) is 0.412. The van der Waals surface area contributed by atoms with Crippen molar-refractivity contribution >= 4 is 23.1 Å². The number of rotatable bonds is 5. The molecule has 25 heavy (non-hydrogen) atoms. The van der Waals surface area contributed by atoms with Gasteiger partial charge in [-0.1, -0.05) is 30.9 Å².